The van der Waals surface area contributed by atoms with E-state index in [9.17, 15) is 13.2 Å². The molecule has 0 spiro atoms. The monoisotopic (exact) mass is 356 g/mol. The molecule has 0 aliphatic carbocycles. The number of rotatable bonds is 3. The Morgan fingerprint density at radius 3 is 2.71 bits per heavy atom. The fraction of sp³-hybridized carbons (Fsp3) is 0.353. The Labute approximate surface area is 143 Å². The van der Waals surface area contributed by atoms with Crippen LogP contribution in [-0.2, 0) is 17.7 Å². The molecule has 7 heteroatoms. The Kier molecular flexibility index (Phi) is 4.69. The van der Waals surface area contributed by atoms with E-state index in [-0.39, 0.29) is 5.56 Å². The van der Waals surface area contributed by atoms with Gasteiger partial charge in [-0.2, -0.15) is 13.2 Å². The molecule has 1 unspecified atom stereocenters. The molecule has 1 aliphatic rings. The minimum Gasteiger partial charge on any atom is -0.367 e. The molecule has 1 aliphatic heterocycles. The maximum absolute atomic E-state index is 13.0. The second-order valence-corrected chi connectivity index (χ2v) is 6.15. The number of pyridine rings is 1. The number of aromatic nitrogens is 1. The van der Waals surface area contributed by atoms with Gasteiger partial charge in [-0.05, 0) is 35.7 Å². The molecule has 24 heavy (non-hydrogen) atoms. The van der Waals surface area contributed by atoms with Crippen molar-refractivity contribution in [1.29, 1.82) is 0 Å². The summed E-state index contributed by atoms with van der Waals surface area (Å²) in [7, 11) is 1.05. The average molecular weight is 357 g/mol. The van der Waals surface area contributed by atoms with Crippen LogP contribution < -0.4 is 4.90 Å². The van der Waals surface area contributed by atoms with E-state index in [2.05, 4.69) is 9.72 Å². The normalized spacial score (nSPS) is 16.0. The van der Waals surface area contributed by atoms with Crippen molar-refractivity contribution >= 4 is 17.3 Å². The van der Waals surface area contributed by atoms with E-state index >= 15 is 0 Å². The molecule has 3 rings (SSSR count). The number of hydrogen-bond acceptors (Lipinski definition) is 3. The van der Waals surface area contributed by atoms with Crippen LogP contribution in [0.3, 0.4) is 0 Å². The number of benzene rings is 1. The highest BCUT2D eigenvalue weighted by Gasteiger charge is 2.41. The van der Waals surface area contributed by atoms with Gasteiger partial charge in [-0.25, -0.2) is 0 Å². The predicted octanol–water partition coefficient (Wildman–Crippen LogP) is 4.55. The SMILES string of the molecule is COC(c1cncc(N2CCc3cc(Cl)ccc3C2)c1)C(F)(F)F. The molecule has 0 fully saturated rings. The summed E-state index contributed by atoms with van der Waals surface area (Å²) in [5.41, 5.74) is 2.95. The van der Waals surface area contributed by atoms with E-state index in [1.54, 1.807) is 6.20 Å². The summed E-state index contributed by atoms with van der Waals surface area (Å²) in [6, 6.07) is 7.21. The van der Waals surface area contributed by atoms with E-state index in [1.807, 2.05) is 23.1 Å². The number of fused-ring (bicyclic) bond motifs is 1. The fourth-order valence-corrected chi connectivity index (χ4v) is 3.16. The lowest BCUT2D eigenvalue weighted by atomic mass is 9.99. The van der Waals surface area contributed by atoms with Crippen LogP contribution in [0.4, 0.5) is 18.9 Å². The number of anilines is 1. The zero-order valence-corrected chi connectivity index (χ0v) is 13.7. The highest BCUT2D eigenvalue weighted by Crippen LogP contribution is 2.36. The summed E-state index contributed by atoms with van der Waals surface area (Å²) in [5.74, 6) is 0. The van der Waals surface area contributed by atoms with Crippen molar-refractivity contribution < 1.29 is 17.9 Å². The number of ether oxygens (including phenoxy) is 1. The average Bonchev–Trinajstić information content (AvgIpc) is 2.54. The topological polar surface area (TPSA) is 25.4 Å². The smallest absolute Gasteiger partial charge is 0.367 e. The van der Waals surface area contributed by atoms with E-state index in [0.29, 0.717) is 23.8 Å². The maximum Gasteiger partial charge on any atom is 0.418 e. The van der Waals surface area contributed by atoms with E-state index in [0.717, 1.165) is 19.1 Å². The van der Waals surface area contributed by atoms with Gasteiger partial charge in [-0.1, -0.05) is 17.7 Å². The Bertz CT molecular complexity index is 736. The first-order valence-electron chi connectivity index (χ1n) is 7.45. The molecule has 1 aromatic heterocycles. The molecule has 0 N–H and O–H groups in total. The molecule has 1 atom stereocenters. The van der Waals surface area contributed by atoms with Crippen LogP contribution in [0.5, 0.6) is 0 Å². The summed E-state index contributed by atoms with van der Waals surface area (Å²) < 4.78 is 43.7. The molecule has 0 saturated heterocycles. The first-order chi connectivity index (χ1) is 11.4. The zero-order valence-electron chi connectivity index (χ0n) is 13.0. The largest absolute Gasteiger partial charge is 0.418 e. The van der Waals surface area contributed by atoms with Gasteiger partial charge in [0.1, 0.15) is 0 Å². The molecule has 1 aromatic carbocycles. The number of methoxy groups -OCH3 is 1. The van der Waals surface area contributed by atoms with Gasteiger partial charge < -0.3 is 9.64 Å². The molecule has 3 nitrogen and oxygen atoms in total. The second-order valence-electron chi connectivity index (χ2n) is 5.72. The van der Waals surface area contributed by atoms with Gasteiger partial charge >= 0.3 is 6.18 Å². The van der Waals surface area contributed by atoms with Crippen molar-refractivity contribution in [2.75, 3.05) is 18.6 Å². The maximum atomic E-state index is 13.0. The van der Waals surface area contributed by atoms with E-state index in [1.165, 1.54) is 17.8 Å². The molecular formula is C17H16ClF3N2O. The van der Waals surface area contributed by atoms with Gasteiger partial charge in [-0.15, -0.1) is 0 Å². The molecule has 0 radical (unpaired) electrons. The van der Waals surface area contributed by atoms with Crippen molar-refractivity contribution in [3.8, 4) is 0 Å². The molecule has 0 amide bonds. The molecule has 0 bridgehead atoms. The summed E-state index contributed by atoms with van der Waals surface area (Å²) in [5, 5.41) is 0.693. The third kappa shape index (κ3) is 3.49. The standard InChI is InChI=1S/C17H16ClF3N2O/c1-24-16(17(19,20)21)13-7-15(9-22-8-13)23-5-4-11-6-14(18)3-2-12(11)10-23/h2-3,6-9,16H,4-5,10H2,1H3. The van der Waals surface area contributed by atoms with E-state index < -0.39 is 12.3 Å². The molecule has 128 valence electrons. The van der Waals surface area contributed by atoms with Crippen LogP contribution in [0.15, 0.2) is 36.7 Å². The first-order valence-corrected chi connectivity index (χ1v) is 7.83. The minimum atomic E-state index is -4.47. The summed E-state index contributed by atoms with van der Waals surface area (Å²) in [4.78, 5) is 5.98. The predicted molar refractivity (Wildman–Crippen MR) is 86.2 cm³/mol. The zero-order chi connectivity index (χ0) is 17.3. The van der Waals surface area contributed by atoms with Crippen LogP contribution in [0, 0.1) is 0 Å². The number of hydrogen-bond donors (Lipinski definition) is 0. The fourth-order valence-electron chi connectivity index (χ4n) is 2.96. The van der Waals surface area contributed by atoms with Crippen LogP contribution in [-0.4, -0.2) is 24.8 Å². The first kappa shape index (κ1) is 17.0. The van der Waals surface area contributed by atoms with Crippen molar-refractivity contribution in [3.63, 3.8) is 0 Å². The van der Waals surface area contributed by atoms with Crippen LogP contribution in [0.2, 0.25) is 5.02 Å². The third-order valence-electron chi connectivity index (χ3n) is 4.13. The third-order valence-corrected chi connectivity index (χ3v) is 4.36. The molecule has 2 heterocycles. The Balaban J connectivity index is 1.86. The van der Waals surface area contributed by atoms with Crippen LogP contribution in [0.25, 0.3) is 0 Å². The number of halogens is 4. The van der Waals surface area contributed by atoms with E-state index in [4.69, 9.17) is 11.6 Å². The van der Waals surface area contributed by atoms with Crippen molar-refractivity contribution in [2.24, 2.45) is 0 Å². The quantitative estimate of drug-likeness (QED) is 0.807. The lowest BCUT2D eigenvalue weighted by Crippen LogP contribution is -2.31. The van der Waals surface area contributed by atoms with Crippen LogP contribution in [0.1, 0.15) is 22.8 Å². The van der Waals surface area contributed by atoms with Gasteiger partial charge in [0.05, 0.1) is 11.9 Å². The van der Waals surface area contributed by atoms with Crippen molar-refractivity contribution in [1.82, 2.24) is 4.98 Å². The summed E-state index contributed by atoms with van der Waals surface area (Å²) in [6.45, 7) is 1.31. The lowest BCUT2D eigenvalue weighted by Gasteiger charge is -2.31. The second kappa shape index (κ2) is 6.61. The Hall–Kier alpha value is -1.79. The van der Waals surface area contributed by atoms with Gasteiger partial charge in [0.2, 0.25) is 0 Å². The summed E-state index contributed by atoms with van der Waals surface area (Å²) in [6.07, 6.45) is -2.88. The summed E-state index contributed by atoms with van der Waals surface area (Å²) >= 11 is 6.00. The molecular weight excluding hydrogens is 341 g/mol. The van der Waals surface area contributed by atoms with Gasteiger partial charge in [0.15, 0.2) is 6.10 Å². The van der Waals surface area contributed by atoms with Crippen molar-refractivity contribution in [2.45, 2.75) is 25.2 Å². The highest BCUT2D eigenvalue weighted by atomic mass is 35.5. The van der Waals surface area contributed by atoms with Gasteiger partial charge in [-0.3, -0.25) is 4.98 Å². The van der Waals surface area contributed by atoms with Crippen LogP contribution >= 0.6 is 11.6 Å². The Morgan fingerprint density at radius 1 is 1.21 bits per heavy atom. The highest BCUT2D eigenvalue weighted by molar-refractivity contribution is 6.30. The molecule has 0 saturated carbocycles. The lowest BCUT2D eigenvalue weighted by molar-refractivity contribution is -0.216. The number of nitrogens with zero attached hydrogens (tertiary/aromatic N) is 2. The minimum absolute atomic E-state index is 0.00408. The Morgan fingerprint density at radius 2 is 2.00 bits per heavy atom. The number of alkyl halides is 3. The molecule has 2 aromatic rings. The van der Waals surface area contributed by atoms with Gasteiger partial charge in [0, 0.05) is 37.0 Å². The van der Waals surface area contributed by atoms with Gasteiger partial charge in [0.25, 0.3) is 0 Å². The van der Waals surface area contributed by atoms with Crippen molar-refractivity contribution in [3.05, 3.63) is 58.4 Å².